The first kappa shape index (κ1) is 22.5. The fourth-order valence-electron chi connectivity index (χ4n) is 0.526. The van der Waals surface area contributed by atoms with Gasteiger partial charge in [-0.15, -0.1) is 13.2 Å². The van der Waals surface area contributed by atoms with Gasteiger partial charge in [0, 0.05) is 6.42 Å². The number of hydrogen-bond donors (Lipinski definition) is 3. The van der Waals surface area contributed by atoms with Gasteiger partial charge in [0.05, 0.1) is 0 Å². The zero-order valence-corrected chi connectivity index (χ0v) is 8.01. The van der Waals surface area contributed by atoms with Crippen LogP contribution in [0.5, 0.6) is 0 Å². The number of carboxylic acids is 1. The van der Waals surface area contributed by atoms with E-state index in [4.69, 9.17) is 5.11 Å². The normalized spacial score (nSPS) is 6.42. The lowest BCUT2D eigenvalue weighted by atomic mass is 10.2. The third-order valence-corrected chi connectivity index (χ3v) is 0.994. The molecule has 0 rings (SSSR count). The van der Waals surface area contributed by atoms with Crippen LogP contribution in [0, 0.1) is 0 Å². The molecule has 0 amide bonds. The molecule has 0 aliphatic heterocycles. The number of aliphatic carboxylic acids is 1. The molecule has 0 heterocycles. The van der Waals surface area contributed by atoms with Crippen LogP contribution in [0.2, 0.25) is 0 Å². The second kappa shape index (κ2) is 22.5. The van der Waals surface area contributed by atoms with Crippen molar-refractivity contribution in [3.8, 4) is 0 Å². The smallest absolute Gasteiger partial charge is 0.303 e. The number of carbonyl (C=O) groups is 1. The molecule has 4 heteroatoms. The van der Waals surface area contributed by atoms with Crippen molar-refractivity contribution >= 4 is 5.97 Å². The van der Waals surface area contributed by atoms with E-state index in [1.807, 2.05) is 0 Å². The van der Waals surface area contributed by atoms with Gasteiger partial charge >= 0.3 is 5.97 Å². The van der Waals surface area contributed by atoms with E-state index in [0.29, 0.717) is 6.42 Å². The molecule has 0 saturated heterocycles. The lowest BCUT2D eigenvalue weighted by molar-refractivity contribution is -0.137. The van der Waals surface area contributed by atoms with Crippen LogP contribution >= 0.6 is 0 Å². The molecule has 0 fully saturated rings. The first-order valence-corrected chi connectivity index (χ1v) is 3.49. The summed E-state index contributed by atoms with van der Waals surface area (Å²) in [6.07, 6.45) is 3.28. The Morgan fingerprint density at radius 1 is 1.25 bits per heavy atom. The van der Waals surface area contributed by atoms with Gasteiger partial charge in [0.25, 0.3) is 0 Å². The molecule has 4 nitrogen and oxygen atoms in total. The minimum absolute atomic E-state index is 0. The summed E-state index contributed by atoms with van der Waals surface area (Å²) in [6.45, 7) is 8.06. The molecule has 0 bridgehead atoms. The summed E-state index contributed by atoms with van der Waals surface area (Å²) in [5.74, 6) is -0.682. The van der Waals surface area contributed by atoms with Crippen LogP contribution in [-0.4, -0.2) is 11.1 Å². The molecule has 0 radical (unpaired) electrons. The molecule has 0 spiro atoms. The zero-order chi connectivity index (χ0) is 8.41. The first-order valence-electron chi connectivity index (χ1n) is 3.49. The van der Waals surface area contributed by atoms with Crippen molar-refractivity contribution in [3.63, 3.8) is 0 Å². The molecule has 12 heavy (non-hydrogen) atoms. The average Bonchev–Trinajstić information content (AvgIpc) is 1.92. The van der Waals surface area contributed by atoms with Crippen LogP contribution in [0.25, 0.3) is 0 Å². The third-order valence-electron chi connectivity index (χ3n) is 0.994. The molecule has 0 saturated carbocycles. The summed E-state index contributed by atoms with van der Waals surface area (Å²) < 4.78 is 0. The zero-order valence-electron chi connectivity index (χ0n) is 8.01. The van der Waals surface area contributed by atoms with Gasteiger partial charge < -0.3 is 17.4 Å². The quantitative estimate of drug-likeness (QED) is 0.454. The van der Waals surface area contributed by atoms with Gasteiger partial charge in [0.15, 0.2) is 0 Å². The second-order valence-electron chi connectivity index (χ2n) is 1.85. The standard InChI is InChI=1S/C6H12O2.C2H4.2H3N/c1-2-3-4-5-6(7)8;1-2;;/h2-5H2,1H3,(H,7,8);1-2H2;2*1H3. The molecule has 7 N–H and O–H groups in total. The lowest BCUT2D eigenvalue weighted by Gasteiger charge is -1.89. The lowest BCUT2D eigenvalue weighted by Crippen LogP contribution is -1.92. The van der Waals surface area contributed by atoms with Crippen LogP contribution in [0.4, 0.5) is 0 Å². The molecule has 0 aliphatic carbocycles. The highest BCUT2D eigenvalue weighted by atomic mass is 16.4. The van der Waals surface area contributed by atoms with E-state index in [0.717, 1.165) is 19.3 Å². The summed E-state index contributed by atoms with van der Waals surface area (Å²) >= 11 is 0. The van der Waals surface area contributed by atoms with Crippen molar-refractivity contribution in [1.29, 1.82) is 0 Å². The molecule has 0 unspecified atom stereocenters. The predicted octanol–water partition coefficient (Wildman–Crippen LogP) is 2.78. The second-order valence-corrected chi connectivity index (χ2v) is 1.85. The van der Waals surface area contributed by atoms with E-state index in [2.05, 4.69) is 20.1 Å². The summed E-state index contributed by atoms with van der Waals surface area (Å²) in [7, 11) is 0. The Morgan fingerprint density at radius 2 is 1.67 bits per heavy atom. The van der Waals surface area contributed by atoms with Gasteiger partial charge in [-0.25, -0.2) is 0 Å². The number of carboxylic acid groups (broad SMARTS) is 1. The SMILES string of the molecule is C=C.CCCCCC(=O)O.N.N. The van der Waals surface area contributed by atoms with Crippen molar-refractivity contribution < 1.29 is 9.90 Å². The van der Waals surface area contributed by atoms with E-state index in [1.54, 1.807) is 0 Å². The summed E-state index contributed by atoms with van der Waals surface area (Å²) in [4.78, 5) is 9.87. The minimum atomic E-state index is -0.682. The first-order chi connectivity index (χ1) is 4.77. The molecule has 0 aliphatic rings. The summed E-state index contributed by atoms with van der Waals surface area (Å²) in [5.41, 5.74) is 0. The monoisotopic (exact) mass is 178 g/mol. The summed E-state index contributed by atoms with van der Waals surface area (Å²) in [6, 6.07) is 0. The van der Waals surface area contributed by atoms with Gasteiger partial charge in [0.1, 0.15) is 0 Å². The highest BCUT2D eigenvalue weighted by Gasteiger charge is 1.92. The van der Waals surface area contributed by atoms with E-state index in [-0.39, 0.29) is 12.3 Å². The van der Waals surface area contributed by atoms with Crippen LogP contribution < -0.4 is 12.3 Å². The average molecular weight is 178 g/mol. The Morgan fingerprint density at radius 3 is 1.92 bits per heavy atom. The molecular weight excluding hydrogens is 156 g/mol. The van der Waals surface area contributed by atoms with Gasteiger partial charge in [-0.1, -0.05) is 19.8 Å². The maximum absolute atomic E-state index is 9.87. The Labute approximate surface area is 74.8 Å². The van der Waals surface area contributed by atoms with E-state index >= 15 is 0 Å². The van der Waals surface area contributed by atoms with Crippen molar-refractivity contribution in [2.24, 2.45) is 0 Å². The molecule has 0 aromatic heterocycles. The maximum atomic E-state index is 9.87. The van der Waals surface area contributed by atoms with E-state index in [1.165, 1.54) is 0 Å². The topological polar surface area (TPSA) is 107 Å². The molecule has 0 aromatic rings. The number of rotatable bonds is 4. The van der Waals surface area contributed by atoms with Crippen LogP contribution in [0.1, 0.15) is 32.6 Å². The Bertz CT molecular complexity index is 87.1. The Hall–Kier alpha value is -0.870. The van der Waals surface area contributed by atoms with Crippen molar-refractivity contribution in [1.82, 2.24) is 12.3 Å². The minimum Gasteiger partial charge on any atom is -0.481 e. The van der Waals surface area contributed by atoms with Gasteiger partial charge in [0.2, 0.25) is 0 Å². The van der Waals surface area contributed by atoms with Crippen molar-refractivity contribution in [2.45, 2.75) is 32.6 Å². The Balaban J connectivity index is -0.0000000740. The summed E-state index contributed by atoms with van der Waals surface area (Å²) in [5, 5.41) is 8.14. The number of unbranched alkanes of at least 4 members (excludes halogenated alkanes) is 2. The van der Waals surface area contributed by atoms with Crippen molar-refractivity contribution in [2.75, 3.05) is 0 Å². The molecule has 76 valence electrons. The van der Waals surface area contributed by atoms with Crippen molar-refractivity contribution in [3.05, 3.63) is 13.2 Å². The number of hydrogen-bond acceptors (Lipinski definition) is 3. The highest BCUT2D eigenvalue weighted by Crippen LogP contribution is 1.97. The Kier molecular flexibility index (Phi) is 42.1. The molecular formula is C8H22N2O2. The third kappa shape index (κ3) is 35.4. The van der Waals surface area contributed by atoms with Crippen LogP contribution in [0.15, 0.2) is 13.2 Å². The maximum Gasteiger partial charge on any atom is 0.303 e. The van der Waals surface area contributed by atoms with E-state index < -0.39 is 5.97 Å². The van der Waals surface area contributed by atoms with Gasteiger partial charge in [-0.05, 0) is 6.42 Å². The van der Waals surface area contributed by atoms with Gasteiger partial charge in [-0.2, -0.15) is 0 Å². The van der Waals surface area contributed by atoms with E-state index in [9.17, 15) is 4.79 Å². The molecule has 0 atom stereocenters. The predicted molar refractivity (Wildman–Crippen MR) is 53.1 cm³/mol. The fourth-order valence-corrected chi connectivity index (χ4v) is 0.526. The van der Waals surface area contributed by atoms with Crippen LogP contribution in [0.3, 0.4) is 0 Å². The van der Waals surface area contributed by atoms with Gasteiger partial charge in [-0.3, -0.25) is 4.79 Å². The van der Waals surface area contributed by atoms with Crippen LogP contribution in [-0.2, 0) is 4.79 Å². The fraction of sp³-hybridized carbons (Fsp3) is 0.625. The molecule has 0 aromatic carbocycles. The highest BCUT2D eigenvalue weighted by molar-refractivity contribution is 5.66. The largest absolute Gasteiger partial charge is 0.481 e.